The SMILES string of the molecule is CCCC/C=C(/C=C/c1ccccc1)S(=O)(=O)c1ccccc1. The standard InChI is InChI=1S/C20H22O2S/c1-2-3-6-13-20(17-16-18-11-7-4-8-12-18)23(21,22)19-14-9-5-10-15-19/h4-5,7-17H,2-3,6H2,1H3/b17-16+,20-13-. The maximum Gasteiger partial charge on any atom is 0.206 e. The molecule has 23 heavy (non-hydrogen) atoms. The Kier molecular flexibility index (Phi) is 6.36. The van der Waals surface area contributed by atoms with Gasteiger partial charge in [0.15, 0.2) is 0 Å². The number of hydrogen-bond donors (Lipinski definition) is 0. The minimum absolute atomic E-state index is 0.334. The summed E-state index contributed by atoms with van der Waals surface area (Å²) in [5, 5.41) is 0. The Labute approximate surface area is 139 Å². The van der Waals surface area contributed by atoms with Crippen LogP contribution >= 0.6 is 0 Å². The molecule has 0 bridgehead atoms. The molecule has 0 saturated heterocycles. The number of benzene rings is 2. The van der Waals surface area contributed by atoms with Crippen molar-refractivity contribution < 1.29 is 8.42 Å². The number of sulfone groups is 1. The maximum absolute atomic E-state index is 12.8. The largest absolute Gasteiger partial charge is 0.219 e. The maximum atomic E-state index is 12.8. The topological polar surface area (TPSA) is 34.1 Å². The van der Waals surface area contributed by atoms with E-state index >= 15 is 0 Å². The lowest BCUT2D eigenvalue weighted by Crippen LogP contribution is -2.03. The number of hydrogen-bond acceptors (Lipinski definition) is 2. The van der Waals surface area contributed by atoms with E-state index in [4.69, 9.17) is 0 Å². The average molecular weight is 326 g/mol. The highest BCUT2D eigenvalue weighted by atomic mass is 32.2. The molecule has 0 saturated carbocycles. The normalized spacial score (nSPS) is 12.7. The molecule has 0 N–H and O–H groups in total. The molecule has 0 aliphatic rings. The molecule has 120 valence electrons. The molecule has 0 aromatic heterocycles. The molecular weight excluding hydrogens is 304 g/mol. The van der Waals surface area contributed by atoms with Gasteiger partial charge in [-0.15, -0.1) is 0 Å². The van der Waals surface area contributed by atoms with Crippen LogP contribution in [0, 0.1) is 0 Å². The van der Waals surface area contributed by atoms with Gasteiger partial charge in [-0.2, -0.15) is 0 Å². The first kappa shape index (κ1) is 17.2. The van der Waals surface area contributed by atoms with Crippen LogP contribution in [0.15, 0.2) is 82.6 Å². The number of unbranched alkanes of at least 4 members (excludes halogenated alkanes) is 2. The van der Waals surface area contributed by atoms with Crippen LogP contribution in [-0.4, -0.2) is 8.42 Å². The highest BCUT2D eigenvalue weighted by molar-refractivity contribution is 7.95. The summed E-state index contributed by atoms with van der Waals surface area (Å²) in [5.41, 5.74) is 0.983. The van der Waals surface area contributed by atoms with Crippen molar-refractivity contribution in [2.24, 2.45) is 0 Å². The van der Waals surface area contributed by atoms with Crippen molar-refractivity contribution in [1.29, 1.82) is 0 Å². The monoisotopic (exact) mass is 326 g/mol. The van der Waals surface area contributed by atoms with Crippen LogP contribution in [0.4, 0.5) is 0 Å². The van der Waals surface area contributed by atoms with Gasteiger partial charge in [0, 0.05) is 0 Å². The van der Waals surface area contributed by atoms with Gasteiger partial charge < -0.3 is 0 Å². The van der Waals surface area contributed by atoms with Crippen LogP contribution in [0.3, 0.4) is 0 Å². The molecule has 0 atom stereocenters. The van der Waals surface area contributed by atoms with Crippen LogP contribution in [0.1, 0.15) is 31.7 Å². The third kappa shape index (κ3) is 4.93. The molecule has 0 radical (unpaired) electrons. The van der Waals surface area contributed by atoms with Gasteiger partial charge in [-0.3, -0.25) is 0 Å². The minimum Gasteiger partial charge on any atom is -0.219 e. The first-order chi connectivity index (χ1) is 11.1. The van der Waals surface area contributed by atoms with Crippen molar-refractivity contribution in [3.63, 3.8) is 0 Å². The van der Waals surface area contributed by atoms with Crippen molar-refractivity contribution >= 4 is 15.9 Å². The Morgan fingerprint density at radius 3 is 2.17 bits per heavy atom. The van der Waals surface area contributed by atoms with E-state index in [0.29, 0.717) is 9.80 Å². The van der Waals surface area contributed by atoms with Gasteiger partial charge in [-0.25, -0.2) is 8.42 Å². The van der Waals surface area contributed by atoms with Crippen molar-refractivity contribution in [2.75, 3.05) is 0 Å². The van der Waals surface area contributed by atoms with E-state index in [1.165, 1.54) is 0 Å². The lowest BCUT2D eigenvalue weighted by atomic mass is 10.2. The first-order valence-electron chi connectivity index (χ1n) is 7.88. The Bertz CT molecular complexity index is 758. The predicted octanol–water partition coefficient (Wildman–Crippen LogP) is 5.25. The summed E-state index contributed by atoms with van der Waals surface area (Å²) in [4.78, 5) is 0.696. The fourth-order valence-electron chi connectivity index (χ4n) is 2.19. The molecule has 2 aromatic carbocycles. The second kappa shape index (κ2) is 8.49. The molecule has 0 aliphatic carbocycles. The van der Waals surface area contributed by atoms with E-state index in [2.05, 4.69) is 6.92 Å². The van der Waals surface area contributed by atoms with Crippen LogP contribution in [-0.2, 0) is 9.84 Å². The zero-order valence-corrected chi connectivity index (χ0v) is 14.2. The molecule has 0 unspecified atom stereocenters. The van der Waals surface area contributed by atoms with E-state index < -0.39 is 9.84 Å². The van der Waals surface area contributed by atoms with Gasteiger partial charge in [-0.05, 0) is 30.2 Å². The summed E-state index contributed by atoms with van der Waals surface area (Å²) in [5.74, 6) is 0. The third-order valence-electron chi connectivity index (χ3n) is 3.51. The molecule has 0 amide bonds. The third-order valence-corrected chi connectivity index (χ3v) is 5.32. The summed E-state index contributed by atoms with van der Waals surface area (Å²) in [6.07, 6.45) is 8.15. The second-order valence-corrected chi connectivity index (χ2v) is 7.26. The van der Waals surface area contributed by atoms with Gasteiger partial charge in [-0.1, -0.05) is 80.4 Å². The predicted molar refractivity (Wildman–Crippen MR) is 96.7 cm³/mol. The van der Waals surface area contributed by atoms with E-state index in [0.717, 1.165) is 24.8 Å². The molecule has 2 aromatic rings. The molecule has 2 rings (SSSR count). The summed E-state index contributed by atoms with van der Waals surface area (Å²) >= 11 is 0. The molecule has 0 aliphatic heterocycles. The van der Waals surface area contributed by atoms with Crippen molar-refractivity contribution in [3.8, 4) is 0 Å². The van der Waals surface area contributed by atoms with Crippen LogP contribution in [0.2, 0.25) is 0 Å². The first-order valence-corrected chi connectivity index (χ1v) is 9.36. The summed E-state index contributed by atoms with van der Waals surface area (Å²) < 4.78 is 25.7. The average Bonchev–Trinajstić information content (AvgIpc) is 2.59. The van der Waals surface area contributed by atoms with Gasteiger partial charge in [0.2, 0.25) is 9.84 Å². The van der Waals surface area contributed by atoms with Crippen molar-refractivity contribution in [2.45, 2.75) is 31.1 Å². The summed E-state index contributed by atoms with van der Waals surface area (Å²) in [6.45, 7) is 2.10. The van der Waals surface area contributed by atoms with Crippen molar-refractivity contribution in [1.82, 2.24) is 0 Å². The van der Waals surface area contributed by atoms with Gasteiger partial charge >= 0.3 is 0 Å². The Balaban J connectivity index is 2.35. The zero-order valence-electron chi connectivity index (χ0n) is 13.4. The Hall–Kier alpha value is -2.13. The second-order valence-electron chi connectivity index (χ2n) is 5.31. The lowest BCUT2D eigenvalue weighted by molar-refractivity contribution is 0.602. The molecular formula is C20H22O2S. The van der Waals surface area contributed by atoms with Crippen LogP contribution in [0.5, 0.6) is 0 Å². The van der Waals surface area contributed by atoms with E-state index in [1.807, 2.05) is 48.6 Å². The van der Waals surface area contributed by atoms with Gasteiger partial charge in [0.1, 0.15) is 0 Å². The quantitative estimate of drug-likeness (QED) is 0.514. The Morgan fingerprint density at radius 1 is 0.957 bits per heavy atom. The molecule has 0 spiro atoms. The molecule has 2 nitrogen and oxygen atoms in total. The van der Waals surface area contributed by atoms with Crippen molar-refractivity contribution in [3.05, 3.63) is 83.3 Å². The van der Waals surface area contributed by atoms with Gasteiger partial charge in [0.25, 0.3) is 0 Å². The van der Waals surface area contributed by atoms with E-state index in [1.54, 1.807) is 30.3 Å². The molecule has 0 fully saturated rings. The Morgan fingerprint density at radius 2 is 1.57 bits per heavy atom. The fourth-order valence-corrected chi connectivity index (χ4v) is 3.57. The smallest absolute Gasteiger partial charge is 0.206 e. The highest BCUT2D eigenvalue weighted by Crippen LogP contribution is 2.22. The highest BCUT2D eigenvalue weighted by Gasteiger charge is 2.17. The number of rotatable bonds is 7. The summed E-state index contributed by atoms with van der Waals surface area (Å²) in [6, 6.07) is 18.3. The van der Waals surface area contributed by atoms with E-state index in [-0.39, 0.29) is 0 Å². The fraction of sp³-hybridized carbons (Fsp3) is 0.200. The minimum atomic E-state index is -3.48. The lowest BCUT2D eigenvalue weighted by Gasteiger charge is -2.06. The molecule has 0 heterocycles. The van der Waals surface area contributed by atoms with Gasteiger partial charge in [0.05, 0.1) is 9.80 Å². The molecule has 3 heteroatoms. The van der Waals surface area contributed by atoms with Crippen LogP contribution < -0.4 is 0 Å². The number of allylic oxidation sites excluding steroid dienone is 2. The zero-order chi connectivity index (χ0) is 16.5. The van der Waals surface area contributed by atoms with Crippen LogP contribution in [0.25, 0.3) is 6.08 Å². The van der Waals surface area contributed by atoms with E-state index in [9.17, 15) is 8.42 Å². The summed E-state index contributed by atoms with van der Waals surface area (Å²) in [7, 11) is -3.48.